The molecule has 0 spiro atoms. The number of nitrogens with zero attached hydrogens (tertiary/aromatic N) is 4. The van der Waals surface area contributed by atoms with Gasteiger partial charge in [0, 0.05) is 20.6 Å². The number of thioether (sulfide) groups is 1. The molecule has 28 heavy (non-hydrogen) atoms. The SMILES string of the molecule is CN(Cc1ccc(OC(F)F)cc1)C(=O)CSc1nnc(-c2ccco2)n1C. The van der Waals surface area contributed by atoms with Gasteiger partial charge in [-0.25, -0.2) is 0 Å². The highest BCUT2D eigenvalue weighted by atomic mass is 32.2. The largest absolute Gasteiger partial charge is 0.461 e. The van der Waals surface area contributed by atoms with Gasteiger partial charge in [0.15, 0.2) is 16.7 Å². The van der Waals surface area contributed by atoms with E-state index in [9.17, 15) is 13.6 Å². The van der Waals surface area contributed by atoms with Crippen LogP contribution in [0.4, 0.5) is 8.78 Å². The van der Waals surface area contributed by atoms with Crippen LogP contribution in [0.3, 0.4) is 0 Å². The average Bonchev–Trinajstić information content (AvgIpc) is 3.30. The molecule has 1 aromatic carbocycles. The third-order valence-corrected chi connectivity index (χ3v) is 4.90. The zero-order valence-corrected chi connectivity index (χ0v) is 16.0. The summed E-state index contributed by atoms with van der Waals surface area (Å²) < 4.78 is 35.7. The summed E-state index contributed by atoms with van der Waals surface area (Å²) in [5, 5.41) is 8.77. The van der Waals surface area contributed by atoms with Crippen molar-refractivity contribution < 1.29 is 22.7 Å². The van der Waals surface area contributed by atoms with Crippen molar-refractivity contribution >= 4 is 17.7 Å². The second-order valence-electron chi connectivity index (χ2n) is 5.90. The molecule has 0 bridgehead atoms. The first-order chi connectivity index (χ1) is 13.4. The Kier molecular flexibility index (Phi) is 6.30. The number of ether oxygens (including phenoxy) is 1. The third-order valence-electron chi connectivity index (χ3n) is 3.90. The van der Waals surface area contributed by atoms with Crippen LogP contribution in [0, 0.1) is 0 Å². The maximum atomic E-state index is 12.4. The lowest BCUT2D eigenvalue weighted by atomic mass is 10.2. The number of carbonyl (C=O) groups is 1. The van der Waals surface area contributed by atoms with Crippen molar-refractivity contribution in [3.05, 3.63) is 48.2 Å². The molecule has 10 heteroatoms. The monoisotopic (exact) mass is 408 g/mol. The summed E-state index contributed by atoms with van der Waals surface area (Å²) in [5.74, 6) is 1.36. The smallest absolute Gasteiger partial charge is 0.387 e. The van der Waals surface area contributed by atoms with E-state index in [1.807, 2.05) is 0 Å². The van der Waals surface area contributed by atoms with Crippen LogP contribution in [-0.4, -0.2) is 45.0 Å². The molecule has 0 unspecified atom stereocenters. The molecular formula is C18H18F2N4O3S. The number of amides is 1. The summed E-state index contributed by atoms with van der Waals surface area (Å²) >= 11 is 1.27. The van der Waals surface area contributed by atoms with Crippen LogP contribution in [-0.2, 0) is 18.4 Å². The van der Waals surface area contributed by atoms with Crippen molar-refractivity contribution in [2.24, 2.45) is 7.05 Å². The number of furan rings is 1. The average molecular weight is 408 g/mol. The van der Waals surface area contributed by atoms with Crippen LogP contribution in [0.1, 0.15) is 5.56 Å². The molecular weight excluding hydrogens is 390 g/mol. The lowest BCUT2D eigenvalue weighted by Gasteiger charge is -2.17. The molecule has 0 fully saturated rings. The van der Waals surface area contributed by atoms with Gasteiger partial charge in [0.2, 0.25) is 5.91 Å². The van der Waals surface area contributed by atoms with E-state index in [4.69, 9.17) is 4.42 Å². The van der Waals surface area contributed by atoms with E-state index < -0.39 is 6.61 Å². The van der Waals surface area contributed by atoms with Crippen molar-refractivity contribution in [2.45, 2.75) is 18.3 Å². The van der Waals surface area contributed by atoms with Crippen LogP contribution in [0.5, 0.6) is 5.75 Å². The number of hydrogen-bond donors (Lipinski definition) is 0. The number of benzene rings is 1. The Morgan fingerprint density at radius 1 is 1.29 bits per heavy atom. The van der Waals surface area contributed by atoms with E-state index in [1.165, 1.54) is 23.9 Å². The number of hydrogen-bond acceptors (Lipinski definition) is 6. The van der Waals surface area contributed by atoms with Gasteiger partial charge in [-0.15, -0.1) is 10.2 Å². The van der Waals surface area contributed by atoms with Crippen LogP contribution in [0.2, 0.25) is 0 Å². The zero-order valence-electron chi connectivity index (χ0n) is 15.2. The van der Waals surface area contributed by atoms with Crippen LogP contribution in [0.15, 0.2) is 52.2 Å². The predicted octanol–water partition coefficient (Wildman–Crippen LogP) is 3.43. The van der Waals surface area contributed by atoms with Crippen molar-refractivity contribution in [1.29, 1.82) is 0 Å². The summed E-state index contributed by atoms with van der Waals surface area (Å²) in [6, 6.07) is 9.74. The normalized spacial score (nSPS) is 11.0. The van der Waals surface area contributed by atoms with Gasteiger partial charge in [-0.3, -0.25) is 4.79 Å². The topological polar surface area (TPSA) is 73.4 Å². The maximum Gasteiger partial charge on any atom is 0.387 e. The molecule has 3 aromatic rings. The third kappa shape index (κ3) is 4.89. The molecule has 0 atom stereocenters. The van der Waals surface area contributed by atoms with Gasteiger partial charge >= 0.3 is 6.61 Å². The minimum Gasteiger partial charge on any atom is -0.461 e. The molecule has 0 radical (unpaired) electrons. The summed E-state index contributed by atoms with van der Waals surface area (Å²) in [4.78, 5) is 13.9. The van der Waals surface area contributed by atoms with Gasteiger partial charge in [-0.2, -0.15) is 8.78 Å². The standard InChI is InChI=1S/C18H18F2N4O3S/c1-23(10-12-5-7-13(8-6-12)27-17(19)20)15(25)11-28-18-22-21-16(24(18)2)14-4-3-9-26-14/h3-9,17H,10-11H2,1-2H3. The number of aromatic nitrogens is 3. The lowest BCUT2D eigenvalue weighted by molar-refractivity contribution is -0.127. The number of carbonyl (C=O) groups excluding carboxylic acids is 1. The van der Waals surface area contributed by atoms with Crippen molar-refractivity contribution in [3.63, 3.8) is 0 Å². The Morgan fingerprint density at radius 2 is 2.04 bits per heavy atom. The first-order valence-electron chi connectivity index (χ1n) is 8.28. The first-order valence-corrected chi connectivity index (χ1v) is 9.26. The molecule has 1 amide bonds. The van der Waals surface area contributed by atoms with Gasteiger partial charge in [-0.05, 0) is 29.8 Å². The van der Waals surface area contributed by atoms with Crippen LogP contribution < -0.4 is 4.74 Å². The highest BCUT2D eigenvalue weighted by Crippen LogP contribution is 2.23. The Morgan fingerprint density at radius 3 is 2.68 bits per heavy atom. The fourth-order valence-corrected chi connectivity index (χ4v) is 3.29. The number of alkyl halides is 2. The molecule has 0 saturated carbocycles. The highest BCUT2D eigenvalue weighted by molar-refractivity contribution is 7.99. The fraction of sp³-hybridized carbons (Fsp3) is 0.278. The molecule has 2 aromatic heterocycles. The van der Waals surface area contributed by atoms with Crippen molar-refractivity contribution in [2.75, 3.05) is 12.8 Å². The van der Waals surface area contributed by atoms with E-state index in [0.29, 0.717) is 23.3 Å². The number of halogens is 2. The van der Waals surface area contributed by atoms with E-state index >= 15 is 0 Å². The van der Waals surface area contributed by atoms with Crippen molar-refractivity contribution in [3.8, 4) is 17.3 Å². The minimum absolute atomic E-state index is 0.0814. The van der Waals surface area contributed by atoms with E-state index in [2.05, 4.69) is 14.9 Å². The Balaban J connectivity index is 1.53. The Labute approximate surface area is 164 Å². The Hall–Kier alpha value is -2.88. The number of rotatable bonds is 8. The molecule has 3 rings (SSSR count). The molecule has 0 aliphatic carbocycles. The molecule has 2 heterocycles. The fourth-order valence-electron chi connectivity index (χ4n) is 2.44. The van der Waals surface area contributed by atoms with E-state index in [0.717, 1.165) is 5.56 Å². The molecule has 7 nitrogen and oxygen atoms in total. The zero-order chi connectivity index (χ0) is 20.1. The van der Waals surface area contributed by atoms with Crippen molar-refractivity contribution in [1.82, 2.24) is 19.7 Å². The van der Waals surface area contributed by atoms with Gasteiger partial charge in [-0.1, -0.05) is 23.9 Å². The van der Waals surface area contributed by atoms with E-state index in [1.54, 1.807) is 54.1 Å². The molecule has 0 aliphatic heterocycles. The van der Waals surface area contributed by atoms with Gasteiger partial charge in [0.1, 0.15) is 5.75 Å². The van der Waals surface area contributed by atoms with Gasteiger partial charge in [0.25, 0.3) is 0 Å². The summed E-state index contributed by atoms with van der Waals surface area (Å²) in [5.41, 5.74) is 0.807. The highest BCUT2D eigenvalue weighted by Gasteiger charge is 2.16. The minimum atomic E-state index is -2.86. The molecule has 148 valence electrons. The summed E-state index contributed by atoms with van der Waals surface area (Å²) in [7, 11) is 3.48. The predicted molar refractivity (Wildman–Crippen MR) is 99.0 cm³/mol. The molecule has 0 aliphatic rings. The first kappa shape index (κ1) is 19.9. The van der Waals surface area contributed by atoms with Crippen LogP contribution in [0.25, 0.3) is 11.6 Å². The summed E-state index contributed by atoms with van der Waals surface area (Å²) in [6.07, 6.45) is 1.56. The summed E-state index contributed by atoms with van der Waals surface area (Å²) in [6.45, 7) is -2.51. The maximum absolute atomic E-state index is 12.4. The van der Waals surface area contributed by atoms with Crippen LogP contribution >= 0.6 is 11.8 Å². The van der Waals surface area contributed by atoms with E-state index in [-0.39, 0.29) is 17.4 Å². The molecule has 0 saturated heterocycles. The lowest BCUT2D eigenvalue weighted by Crippen LogP contribution is -2.27. The second kappa shape index (κ2) is 8.87. The quantitative estimate of drug-likeness (QED) is 0.532. The van der Waals surface area contributed by atoms with Gasteiger partial charge in [0.05, 0.1) is 12.0 Å². The Bertz CT molecular complexity index is 914. The molecule has 0 N–H and O–H groups in total. The second-order valence-corrected chi connectivity index (χ2v) is 6.85. The van der Waals surface area contributed by atoms with Gasteiger partial charge < -0.3 is 18.6 Å².